The van der Waals surface area contributed by atoms with Crippen molar-refractivity contribution in [3.05, 3.63) is 92.4 Å². The predicted octanol–water partition coefficient (Wildman–Crippen LogP) is 4.00. The molecule has 0 bridgehead atoms. The molecule has 0 spiro atoms. The number of para-hydroxylation sites is 1. The lowest BCUT2D eigenvalue weighted by atomic mass is 9.75. The number of fused-ring (bicyclic) bond motifs is 1. The molecule has 1 heterocycles. The van der Waals surface area contributed by atoms with Crippen LogP contribution >= 0.6 is 11.6 Å². The third kappa shape index (κ3) is 4.32. The van der Waals surface area contributed by atoms with Gasteiger partial charge in [0.1, 0.15) is 5.56 Å². The number of benzene rings is 2. The Balaban J connectivity index is 1.90. The topological polar surface area (TPSA) is 111 Å². The van der Waals surface area contributed by atoms with Crippen LogP contribution in [0.15, 0.2) is 59.4 Å². The first-order chi connectivity index (χ1) is 15.6. The minimum absolute atomic E-state index is 0.111. The van der Waals surface area contributed by atoms with Crippen molar-refractivity contribution in [3.8, 4) is 5.69 Å². The van der Waals surface area contributed by atoms with Gasteiger partial charge in [0.2, 0.25) is 0 Å². The standard InChI is InChI=1S/C25H22ClN3O4/c1-25(2)12-20-17(21(30)13-25)11-18(24(33)29(20)15-9-7-14(26)8-10-15)23(32)28-19-6-4-3-5-16(19)22(27)31/h3-11H,12-13H2,1-2H3,(H2,27,31)(H,28,32). The van der Waals surface area contributed by atoms with Crippen molar-refractivity contribution >= 4 is 34.9 Å². The Bertz CT molecular complexity index is 1360. The Morgan fingerprint density at radius 2 is 1.67 bits per heavy atom. The van der Waals surface area contributed by atoms with Crippen LogP contribution in [0.2, 0.25) is 5.02 Å². The number of hydrogen-bond acceptors (Lipinski definition) is 4. The molecule has 0 unspecified atom stereocenters. The number of carbonyl (C=O) groups excluding carboxylic acids is 3. The first-order valence-electron chi connectivity index (χ1n) is 10.4. The van der Waals surface area contributed by atoms with Crippen LogP contribution in [0.4, 0.5) is 5.69 Å². The van der Waals surface area contributed by atoms with Crippen LogP contribution in [0, 0.1) is 5.41 Å². The van der Waals surface area contributed by atoms with E-state index in [4.69, 9.17) is 17.3 Å². The molecule has 33 heavy (non-hydrogen) atoms. The number of Topliss-reactive ketones (excluding diaryl/α,β-unsaturated/α-hetero) is 1. The van der Waals surface area contributed by atoms with Gasteiger partial charge in [0, 0.05) is 28.4 Å². The summed E-state index contributed by atoms with van der Waals surface area (Å²) in [5.41, 5.74) is 5.94. The van der Waals surface area contributed by atoms with Crippen LogP contribution in [0.1, 0.15) is 57.0 Å². The number of halogens is 1. The number of pyridine rings is 1. The molecule has 7 nitrogen and oxygen atoms in total. The Kier molecular flexibility index (Phi) is 5.68. The lowest BCUT2D eigenvalue weighted by molar-refractivity contribution is 0.0908. The largest absolute Gasteiger partial charge is 0.366 e. The van der Waals surface area contributed by atoms with Crippen molar-refractivity contribution in [2.24, 2.45) is 11.1 Å². The number of amides is 2. The fourth-order valence-electron chi connectivity index (χ4n) is 4.14. The highest BCUT2D eigenvalue weighted by atomic mass is 35.5. The molecule has 1 aromatic heterocycles. The van der Waals surface area contributed by atoms with E-state index in [1.54, 1.807) is 36.4 Å². The summed E-state index contributed by atoms with van der Waals surface area (Å²) in [6.07, 6.45) is 0.780. The third-order valence-electron chi connectivity index (χ3n) is 5.66. The molecule has 0 saturated heterocycles. The second-order valence-corrected chi connectivity index (χ2v) is 9.28. The second-order valence-electron chi connectivity index (χ2n) is 8.84. The number of nitrogens with zero attached hydrogens (tertiary/aromatic N) is 1. The molecule has 1 aliphatic carbocycles. The molecule has 1 aliphatic rings. The summed E-state index contributed by atoms with van der Waals surface area (Å²) >= 11 is 6.02. The van der Waals surface area contributed by atoms with Crippen molar-refractivity contribution < 1.29 is 14.4 Å². The minimum Gasteiger partial charge on any atom is -0.366 e. The molecule has 2 aromatic carbocycles. The number of primary amides is 1. The molecule has 2 amide bonds. The van der Waals surface area contributed by atoms with E-state index in [1.807, 2.05) is 13.8 Å². The van der Waals surface area contributed by atoms with Crippen LogP contribution in [-0.4, -0.2) is 22.2 Å². The van der Waals surface area contributed by atoms with Gasteiger partial charge >= 0.3 is 0 Å². The third-order valence-corrected chi connectivity index (χ3v) is 5.91. The van der Waals surface area contributed by atoms with Gasteiger partial charge in [0.25, 0.3) is 17.4 Å². The van der Waals surface area contributed by atoms with Crippen LogP contribution < -0.4 is 16.6 Å². The van der Waals surface area contributed by atoms with Crippen LogP contribution in [0.3, 0.4) is 0 Å². The van der Waals surface area contributed by atoms with Gasteiger partial charge < -0.3 is 11.1 Å². The summed E-state index contributed by atoms with van der Waals surface area (Å²) in [6.45, 7) is 3.93. The van der Waals surface area contributed by atoms with Crippen LogP contribution in [0.25, 0.3) is 5.69 Å². The van der Waals surface area contributed by atoms with E-state index >= 15 is 0 Å². The number of hydrogen-bond donors (Lipinski definition) is 2. The maximum Gasteiger partial charge on any atom is 0.268 e. The number of aromatic nitrogens is 1. The molecule has 0 fully saturated rings. The molecule has 0 aliphatic heterocycles. The fraction of sp³-hybridized carbons (Fsp3) is 0.200. The normalized spacial score (nSPS) is 14.5. The molecule has 8 heteroatoms. The zero-order valence-corrected chi connectivity index (χ0v) is 18.9. The lowest BCUT2D eigenvalue weighted by Gasteiger charge is -2.32. The smallest absolute Gasteiger partial charge is 0.268 e. The van der Waals surface area contributed by atoms with E-state index in [9.17, 15) is 19.2 Å². The molecule has 3 N–H and O–H groups in total. The molecule has 168 valence electrons. The SMILES string of the molecule is CC1(C)CC(=O)c2cc(C(=O)Nc3ccccc3C(N)=O)c(=O)n(-c3ccc(Cl)cc3)c2C1. The van der Waals surface area contributed by atoms with E-state index in [1.165, 1.54) is 22.8 Å². The highest BCUT2D eigenvalue weighted by molar-refractivity contribution is 6.30. The summed E-state index contributed by atoms with van der Waals surface area (Å²) < 4.78 is 1.40. The van der Waals surface area contributed by atoms with Crippen molar-refractivity contribution in [1.82, 2.24) is 4.57 Å². The van der Waals surface area contributed by atoms with Gasteiger partial charge in [0.05, 0.1) is 11.3 Å². The molecule has 4 rings (SSSR count). The number of carbonyl (C=O) groups is 3. The van der Waals surface area contributed by atoms with Crippen LogP contribution in [-0.2, 0) is 6.42 Å². The maximum atomic E-state index is 13.6. The van der Waals surface area contributed by atoms with Crippen molar-refractivity contribution in [2.45, 2.75) is 26.7 Å². The average molecular weight is 464 g/mol. The Morgan fingerprint density at radius 1 is 1.00 bits per heavy atom. The molecular weight excluding hydrogens is 442 g/mol. The fourth-order valence-corrected chi connectivity index (χ4v) is 4.26. The van der Waals surface area contributed by atoms with E-state index in [-0.39, 0.29) is 28.0 Å². The number of nitrogens with two attached hydrogens (primary N) is 1. The first kappa shape index (κ1) is 22.5. The highest BCUT2D eigenvalue weighted by Crippen LogP contribution is 2.35. The van der Waals surface area contributed by atoms with Gasteiger partial charge in [-0.3, -0.25) is 23.7 Å². The lowest BCUT2D eigenvalue weighted by Crippen LogP contribution is -2.37. The van der Waals surface area contributed by atoms with Gasteiger partial charge in [-0.1, -0.05) is 37.6 Å². The van der Waals surface area contributed by atoms with E-state index in [2.05, 4.69) is 5.32 Å². The average Bonchev–Trinajstić information content (AvgIpc) is 2.74. The van der Waals surface area contributed by atoms with Crippen molar-refractivity contribution in [1.29, 1.82) is 0 Å². The number of nitrogens with one attached hydrogen (secondary N) is 1. The van der Waals surface area contributed by atoms with Crippen molar-refractivity contribution in [2.75, 3.05) is 5.32 Å². The first-order valence-corrected chi connectivity index (χ1v) is 10.7. The number of ketones is 1. The van der Waals surface area contributed by atoms with Gasteiger partial charge in [-0.25, -0.2) is 0 Å². The maximum absolute atomic E-state index is 13.6. The van der Waals surface area contributed by atoms with Gasteiger partial charge in [-0.15, -0.1) is 0 Å². The molecule has 0 atom stereocenters. The van der Waals surface area contributed by atoms with Crippen molar-refractivity contribution in [3.63, 3.8) is 0 Å². The summed E-state index contributed by atoms with van der Waals surface area (Å²) in [5, 5.41) is 3.08. The zero-order chi connectivity index (χ0) is 23.9. The highest BCUT2D eigenvalue weighted by Gasteiger charge is 2.35. The van der Waals surface area contributed by atoms with E-state index in [0.717, 1.165) is 0 Å². The monoisotopic (exact) mass is 463 g/mol. The second kappa shape index (κ2) is 8.33. The Morgan fingerprint density at radius 3 is 2.33 bits per heavy atom. The van der Waals surface area contributed by atoms with Gasteiger partial charge in [0.15, 0.2) is 5.78 Å². The van der Waals surface area contributed by atoms with Gasteiger partial charge in [-0.05, 0) is 54.3 Å². The predicted molar refractivity (Wildman–Crippen MR) is 126 cm³/mol. The Hall–Kier alpha value is -3.71. The zero-order valence-electron chi connectivity index (χ0n) is 18.1. The molecular formula is C25H22ClN3O4. The quantitative estimate of drug-likeness (QED) is 0.609. The minimum atomic E-state index is -0.739. The summed E-state index contributed by atoms with van der Waals surface area (Å²) in [4.78, 5) is 51.4. The van der Waals surface area contributed by atoms with Crippen LogP contribution in [0.5, 0.6) is 0 Å². The molecule has 0 saturated carbocycles. The molecule has 0 radical (unpaired) electrons. The summed E-state index contributed by atoms with van der Waals surface area (Å²) in [7, 11) is 0. The molecule has 3 aromatic rings. The number of anilines is 1. The Labute approximate surface area is 195 Å². The summed E-state index contributed by atoms with van der Waals surface area (Å²) in [5.74, 6) is -1.60. The van der Waals surface area contributed by atoms with Gasteiger partial charge in [-0.2, -0.15) is 0 Å². The van der Waals surface area contributed by atoms with E-state index in [0.29, 0.717) is 34.8 Å². The van der Waals surface area contributed by atoms with E-state index < -0.39 is 17.4 Å². The summed E-state index contributed by atoms with van der Waals surface area (Å²) in [6, 6.07) is 14.2. The number of rotatable bonds is 4.